The standard InChI is InChI=1S/C27H41NO11/c1-7-12-34-25(30)38-22-11-10-20(15-23(22)39-26(31)35-13-8-2)14-21(24(29)33-6)28-16-19(5)37-27(32)36-17-18(4)9-3/h10-11,15,18-19,21,28H,7-9,12-14,16-17H2,1-6H3/t18?,19?,21-/m0/s1. The van der Waals surface area contributed by atoms with Gasteiger partial charge in [0.15, 0.2) is 11.5 Å². The number of carbonyl (C=O) groups excluding carboxylic acids is 4. The van der Waals surface area contributed by atoms with Crippen LogP contribution >= 0.6 is 0 Å². The quantitative estimate of drug-likeness (QED) is 0.170. The number of methoxy groups -OCH3 is 1. The van der Waals surface area contributed by atoms with Gasteiger partial charge in [0.1, 0.15) is 12.1 Å². The van der Waals surface area contributed by atoms with Crippen molar-refractivity contribution in [2.24, 2.45) is 5.92 Å². The topological polar surface area (TPSA) is 145 Å². The molecular weight excluding hydrogens is 514 g/mol. The zero-order chi connectivity index (χ0) is 29.2. The normalized spacial score (nSPS) is 12.9. The molecule has 0 saturated heterocycles. The van der Waals surface area contributed by atoms with Crippen molar-refractivity contribution >= 4 is 24.4 Å². The van der Waals surface area contributed by atoms with E-state index in [4.69, 9.17) is 33.2 Å². The summed E-state index contributed by atoms with van der Waals surface area (Å²) < 4.78 is 35.5. The van der Waals surface area contributed by atoms with E-state index in [0.717, 1.165) is 6.42 Å². The molecule has 0 aliphatic heterocycles. The maximum atomic E-state index is 12.4. The SMILES string of the molecule is CCCOC(=O)Oc1ccc(C[C@H](NCC(C)OC(=O)OCC(C)CC)C(=O)OC)cc1OC(=O)OCCC. The highest BCUT2D eigenvalue weighted by atomic mass is 16.7. The van der Waals surface area contributed by atoms with E-state index in [1.54, 1.807) is 13.0 Å². The van der Waals surface area contributed by atoms with Crippen molar-refractivity contribution in [3.05, 3.63) is 23.8 Å². The Bertz CT molecular complexity index is 921. The molecule has 39 heavy (non-hydrogen) atoms. The Morgan fingerprint density at radius 3 is 2.03 bits per heavy atom. The third-order valence-corrected chi connectivity index (χ3v) is 5.30. The molecule has 0 amide bonds. The molecule has 1 aromatic carbocycles. The van der Waals surface area contributed by atoms with Crippen molar-refractivity contribution in [1.29, 1.82) is 0 Å². The minimum Gasteiger partial charge on any atom is -0.468 e. The Morgan fingerprint density at radius 1 is 0.846 bits per heavy atom. The Balaban J connectivity index is 2.94. The van der Waals surface area contributed by atoms with Crippen LogP contribution in [-0.2, 0) is 34.9 Å². The van der Waals surface area contributed by atoms with Crippen molar-refractivity contribution in [3.8, 4) is 11.5 Å². The number of esters is 1. The molecule has 0 aliphatic carbocycles. The van der Waals surface area contributed by atoms with Crippen LogP contribution in [0.2, 0.25) is 0 Å². The first-order chi connectivity index (χ1) is 18.6. The fourth-order valence-corrected chi connectivity index (χ4v) is 2.95. The van der Waals surface area contributed by atoms with E-state index in [2.05, 4.69) is 5.32 Å². The minimum atomic E-state index is -0.977. The summed E-state index contributed by atoms with van der Waals surface area (Å²) in [4.78, 5) is 48.4. The maximum absolute atomic E-state index is 12.4. The highest BCUT2D eigenvalue weighted by molar-refractivity contribution is 5.76. The predicted octanol–water partition coefficient (Wildman–Crippen LogP) is 4.80. The maximum Gasteiger partial charge on any atom is 0.513 e. The molecule has 0 bridgehead atoms. The van der Waals surface area contributed by atoms with Gasteiger partial charge in [0.25, 0.3) is 0 Å². The monoisotopic (exact) mass is 555 g/mol. The smallest absolute Gasteiger partial charge is 0.468 e. The minimum absolute atomic E-state index is 0.0613. The molecule has 220 valence electrons. The summed E-state index contributed by atoms with van der Waals surface area (Å²) >= 11 is 0. The lowest BCUT2D eigenvalue weighted by atomic mass is 10.0. The molecule has 12 heteroatoms. The highest BCUT2D eigenvalue weighted by Crippen LogP contribution is 2.30. The van der Waals surface area contributed by atoms with E-state index >= 15 is 0 Å². The number of carbonyl (C=O) groups is 4. The zero-order valence-corrected chi connectivity index (χ0v) is 23.6. The summed E-state index contributed by atoms with van der Waals surface area (Å²) in [5.41, 5.74) is 0.548. The third-order valence-electron chi connectivity index (χ3n) is 5.30. The average molecular weight is 556 g/mol. The fourth-order valence-electron chi connectivity index (χ4n) is 2.95. The number of hydrogen-bond donors (Lipinski definition) is 1. The van der Waals surface area contributed by atoms with Gasteiger partial charge in [-0.15, -0.1) is 0 Å². The molecule has 0 spiro atoms. The first-order valence-electron chi connectivity index (χ1n) is 13.1. The Kier molecular flexibility index (Phi) is 16.0. The van der Waals surface area contributed by atoms with Gasteiger partial charge in [-0.3, -0.25) is 4.79 Å². The molecule has 1 rings (SSSR count). The lowest BCUT2D eigenvalue weighted by Crippen LogP contribution is -2.43. The van der Waals surface area contributed by atoms with Gasteiger partial charge < -0.3 is 38.5 Å². The van der Waals surface area contributed by atoms with E-state index < -0.39 is 36.6 Å². The van der Waals surface area contributed by atoms with E-state index in [-0.39, 0.29) is 50.2 Å². The summed E-state index contributed by atoms with van der Waals surface area (Å²) in [6, 6.07) is 3.62. The second-order valence-corrected chi connectivity index (χ2v) is 8.87. The summed E-state index contributed by atoms with van der Waals surface area (Å²) in [6.07, 6.45) is -1.15. The van der Waals surface area contributed by atoms with E-state index in [0.29, 0.717) is 18.4 Å². The van der Waals surface area contributed by atoms with Crippen LogP contribution in [0.5, 0.6) is 11.5 Å². The molecule has 0 radical (unpaired) electrons. The molecule has 12 nitrogen and oxygen atoms in total. The van der Waals surface area contributed by atoms with E-state index in [1.807, 2.05) is 27.7 Å². The Morgan fingerprint density at radius 2 is 1.46 bits per heavy atom. The summed E-state index contributed by atoms with van der Waals surface area (Å²) in [7, 11) is 1.25. The van der Waals surface area contributed by atoms with Gasteiger partial charge in [-0.2, -0.15) is 0 Å². The molecule has 1 aromatic rings. The van der Waals surface area contributed by atoms with Crippen molar-refractivity contribution in [2.75, 3.05) is 33.5 Å². The molecule has 0 fully saturated rings. The van der Waals surface area contributed by atoms with Crippen molar-refractivity contribution in [1.82, 2.24) is 5.32 Å². The molecule has 0 aliphatic rings. The van der Waals surface area contributed by atoms with E-state index in [9.17, 15) is 19.2 Å². The molecule has 1 N–H and O–H groups in total. The zero-order valence-electron chi connectivity index (χ0n) is 23.6. The number of rotatable bonds is 16. The number of hydrogen-bond acceptors (Lipinski definition) is 12. The average Bonchev–Trinajstić information content (AvgIpc) is 2.92. The van der Waals surface area contributed by atoms with Crippen LogP contribution in [0.15, 0.2) is 18.2 Å². The van der Waals surface area contributed by atoms with E-state index in [1.165, 1.54) is 19.2 Å². The first kappa shape index (κ1) is 33.5. The Hall–Kier alpha value is -3.54. The fraction of sp³-hybridized carbons (Fsp3) is 0.630. The van der Waals surface area contributed by atoms with Crippen LogP contribution in [0.25, 0.3) is 0 Å². The molecule has 0 aromatic heterocycles. The largest absolute Gasteiger partial charge is 0.513 e. The lowest BCUT2D eigenvalue weighted by molar-refractivity contribution is -0.143. The van der Waals surface area contributed by atoms with Crippen molar-refractivity contribution in [3.63, 3.8) is 0 Å². The summed E-state index contributed by atoms with van der Waals surface area (Å²) in [5.74, 6) is -0.495. The van der Waals surface area contributed by atoms with Crippen molar-refractivity contribution < 1.29 is 52.3 Å². The van der Waals surface area contributed by atoms with Gasteiger partial charge in [-0.25, -0.2) is 14.4 Å². The van der Waals surface area contributed by atoms with Gasteiger partial charge in [0.05, 0.1) is 26.9 Å². The molecule has 2 unspecified atom stereocenters. The van der Waals surface area contributed by atoms with Gasteiger partial charge >= 0.3 is 24.4 Å². The predicted molar refractivity (Wildman–Crippen MR) is 140 cm³/mol. The molecule has 0 heterocycles. The van der Waals surface area contributed by atoms with Gasteiger partial charge in [-0.1, -0.05) is 40.2 Å². The van der Waals surface area contributed by atoms with Crippen molar-refractivity contribution in [2.45, 2.75) is 72.4 Å². The third kappa shape index (κ3) is 13.7. The first-order valence-corrected chi connectivity index (χ1v) is 13.1. The van der Waals surface area contributed by atoms with Gasteiger partial charge in [-0.05, 0) is 49.8 Å². The highest BCUT2D eigenvalue weighted by Gasteiger charge is 2.23. The van der Waals surface area contributed by atoms with Crippen LogP contribution in [0.3, 0.4) is 0 Å². The Labute approximate surface area is 229 Å². The van der Waals surface area contributed by atoms with Crippen LogP contribution in [-0.4, -0.2) is 70.1 Å². The van der Waals surface area contributed by atoms with Crippen LogP contribution in [0, 0.1) is 5.92 Å². The number of benzene rings is 1. The van der Waals surface area contributed by atoms with Crippen LogP contribution in [0.1, 0.15) is 59.4 Å². The molecular formula is C27H41NO11. The molecule has 0 saturated carbocycles. The summed E-state index contributed by atoms with van der Waals surface area (Å²) in [6.45, 7) is 9.97. The lowest BCUT2D eigenvalue weighted by Gasteiger charge is -2.20. The number of ether oxygens (including phenoxy) is 7. The second-order valence-electron chi connectivity index (χ2n) is 8.87. The van der Waals surface area contributed by atoms with Gasteiger partial charge in [0, 0.05) is 6.54 Å². The summed E-state index contributed by atoms with van der Waals surface area (Å²) in [5, 5.41) is 3.01. The van der Waals surface area contributed by atoms with Gasteiger partial charge in [0.2, 0.25) is 0 Å². The van der Waals surface area contributed by atoms with Crippen LogP contribution < -0.4 is 14.8 Å². The van der Waals surface area contributed by atoms with Crippen LogP contribution in [0.4, 0.5) is 14.4 Å². The second kappa shape index (κ2) is 18.7. The molecule has 3 atom stereocenters. The number of nitrogens with one attached hydrogen (secondary N) is 1.